The number of phenols is 1. The third-order valence-corrected chi connectivity index (χ3v) is 5.06. The number of nitrogens with zero attached hydrogens (tertiary/aromatic N) is 1. The average Bonchev–Trinajstić information content (AvgIpc) is 2.34. The van der Waals surface area contributed by atoms with E-state index < -0.39 is 10.2 Å². The molecule has 19 heavy (non-hydrogen) atoms. The number of hydrogen-bond acceptors (Lipinski definition) is 3. The van der Waals surface area contributed by atoms with Crippen LogP contribution in [0.5, 0.6) is 5.75 Å². The molecule has 0 saturated carbocycles. The zero-order chi connectivity index (χ0) is 14.0. The lowest BCUT2D eigenvalue weighted by atomic mass is 10.0. The maximum absolute atomic E-state index is 12.2. The number of piperidine rings is 1. The summed E-state index contributed by atoms with van der Waals surface area (Å²) < 4.78 is 28.5. The lowest BCUT2D eigenvalue weighted by molar-refractivity contribution is 0.289. The van der Waals surface area contributed by atoms with Crippen LogP contribution >= 0.6 is 0 Å². The maximum Gasteiger partial charge on any atom is 0.301 e. The van der Waals surface area contributed by atoms with Gasteiger partial charge in [0.15, 0.2) is 0 Å². The van der Waals surface area contributed by atoms with Crippen molar-refractivity contribution in [3.05, 3.63) is 23.8 Å². The van der Waals surface area contributed by atoms with Gasteiger partial charge in [0.05, 0.1) is 5.69 Å². The van der Waals surface area contributed by atoms with Gasteiger partial charge in [-0.15, -0.1) is 0 Å². The highest BCUT2D eigenvalue weighted by atomic mass is 32.2. The first-order chi connectivity index (χ1) is 8.88. The van der Waals surface area contributed by atoms with E-state index in [9.17, 15) is 13.5 Å². The van der Waals surface area contributed by atoms with E-state index in [4.69, 9.17) is 0 Å². The van der Waals surface area contributed by atoms with Crippen molar-refractivity contribution in [1.29, 1.82) is 0 Å². The van der Waals surface area contributed by atoms with Crippen LogP contribution in [-0.2, 0) is 10.2 Å². The van der Waals surface area contributed by atoms with Gasteiger partial charge in [0.1, 0.15) is 5.75 Å². The van der Waals surface area contributed by atoms with E-state index in [0.29, 0.717) is 30.3 Å². The number of nitrogens with one attached hydrogen (secondary N) is 1. The van der Waals surface area contributed by atoms with Crippen LogP contribution in [0.3, 0.4) is 0 Å². The molecule has 1 fully saturated rings. The Morgan fingerprint density at radius 3 is 2.53 bits per heavy atom. The maximum atomic E-state index is 12.2. The fourth-order valence-corrected chi connectivity index (χ4v) is 3.40. The van der Waals surface area contributed by atoms with Gasteiger partial charge in [-0.2, -0.15) is 12.7 Å². The summed E-state index contributed by atoms with van der Waals surface area (Å²) in [5.41, 5.74) is 1.13. The molecule has 1 aliphatic rings. The van der Waals surface area contributed by atoms with Crippen molar-refractivity contribution in [2.45, 2.75) is 26.7 Å². The van der Waals surface area contributed by atoms with Gasteiger partial charge in [-0.3, -0.25) is 4.72 Å². The molecule has 1 aliphatic heterocycles. The third kappa shape index (κ3) is 3.39. The molecule has 2 N–H and O–H groups in total. The van der Waals surface area contributed by atoms with E-state index in [-0.39, 0.29) is 5.75 Å². The molecule has 0 atom stereocenters. The summed E-state index contributed by atoms with van der Waals surface area (Å²) in [6, 6.07) is 4.68. The monoisotopic (exact) mass is 284 g/mol. The van der Waals surface area contributed by atoms with E-state index in [1.54, 1.807) is 19.1 Å². The first-order valence-electron chi connectivity index (χ1n) is 6.46. The molecular formula is C13H20N2O3S. The van der Waals surface area contributed by atoms with Crippen molar-refractivity contribution in [2.75, 3.05) is 17.8 Å². The van der Waals surface area contributed by atoms with E-state index in [0.717, 1.165) is 12.8 Å². The van der Waals surface area contributed by atoms with Crippen LogP contribution in [0.15, 0.2) is 18.2 Å². The molecule has 0 amide bonds. The van der Waals surface area contributed by atoms with Gasteiger partial charge in [-0.05, 0) is 49.4 Å². The summed E-state index contributed by atoms with van der Waals surface area (Å²) >= 11 is 0. The fourth-order valence-electron chi connectivity index (χ4n) is 2.16. The van der Waals surface area contributed by atoms with Gasteiger partial charge in [0, 0.05) is 13.1 Å². The Balaban J connectivity index is 2.10. The van der Waals surface area contributed by atoms with Crippen LogP contribution < -0.4 is 4.72 Å². The number of aryl methyl sites for hydroxylation is 1. The smallest absolute Gasteiger partial charge is 0.301 e. The molecule has 2 rings (SSSR count). The Kier molecular flexibility index (Phi) is 4.01. The minimum absolute atomic E-state index is 0.162. The van der Waals surface area contributed by atoms with Crippen LogP contribution in [0.25, 0.3) is 0 Å². The number of phenolic OH excluding ortho intramolecular Hbond substituents is 1. The summed E-state index contributed by atoms with van der Waals surface area (Å²) in [5.74, 6) is 0.747. The second-order valence-corrected chi connectivity index (χ2v) is 6.86. The van der Waals surface area contributed by atoms with E-state index in [1.807, 2.05) is 0 Å². The quantitative estimate of drug-likeness (QED) is 0.835. The van der Waals surface area contributed by atoms with Crippen molar-refractivity contribution < 1.29 is 13.5 Å². The minimum Gasteiger partial charge on any atom is -0.508 e. The molecule has 1 heterocycles. The molecule has 1 saturated heterocycles. The molecule has 0 radical (unpaired) electrons. The number of benzene rings is 1. The van der Waals surface area contributed by atoms with Gasteiger partial charge < -0.3 is 5.11 Å². The molecule has 0 aliphatic carbocycles. The van der Waals surface area contributed by atoms with E-state index in [1.165, 1.54) is 10.4 Å². The van der Waals surface area contributed by atoms with Gasteiger partial charge >= 0.3 is 10.2 Å². The molecular weight excluding hydrogens is 264 g/mol. The van der Waals surface area contributed by atoms with Crippen LogP contribution in [-0.4, -0.2) is 30.9 Å². The van der Waals surface area contributed by atoms with Crippen molar-refractivity contribution in [3.63, 3.8) is 0 Å². The second kappa shape index (κ2) is 5.38. The summed E-state index contributed by atoms with van der Waals surface area (Å²) in [5, 5.41) is 9.43. The highest BCUT2D eigenvalue weighted by Gasteiger charge is 2.26. The molecule has 6 heteroatoms. The summed E-state index contributed by atoms with van der Waals surface area (Å²) in [6.45, 7) is 5.00. The number of anilines is 1. The third-order valence-electron chi connectivity index (χ3n) is 3.53. The molecule has 0 aromatic heterocycles. The zero-order valence-corrected chi connectivity index (χ0v) is 12.1. The normalized spacial score (nSPS) is 18.4. The molecule has 1 aromatic rings. The Bertz CT molecular complexity index is 549. The standard InChI is InChI=1S/C13H20N2O3S/c1-10-5-7-15(8-6-10)19(17,18)14-12-3-4-13(16)11(2)9-12/h3-4,9-10,14,16H,5-8H2,1-2H3. The van der Waals surface area contributed by atoms with Crippen molar-refractivity contribution in [1.82, 2.24) is 4.31 Å². The number of aromatic hydroxyl groups is 1. The number of rotatable bonds is 3. The first kappa shape index (κ1) is 14.1. The molecule has 106 valence electrons. The lowest BCUT2D eigenvalue weighted by Crippen LogP contribution is -2.41. The van der Waals surface area contributed by atoms with Crippen LogP contribution in [0.2, 0.25) is 0 Å². The lowest BCUT2D eigenvalue weighted by Gasteiger charge is -2.29. The molecule has 0 unspecified atom stereocenters. The Hall–Kier alpha value is -1.27. The predicted molar refractivity (Wildman–Crippen MR) is 75.4 cm³/mol. The summed E-state index contributed by atoms with van der Waals surface area (Å²) in [7, 11) is -3.49. The van der Waals surface area contributed by atoms with Crippen LogP contribution in [0.4, 0.5) is 5.69 Å². The molecule has 5 nitrogen and oxygen atoms in total. The summed E-state index contributed by atoms with van der Waals surface area (Å²) in [4.78, 5) is 0. The number of hydrogen-bond donors (Lipinski definition) is 2. The Labute approximate surface area is 114 Å². The van der Waals surface area contributed by atoms with E-state index in [2.05, 4.69) is 11.6 Å². The SMILES string of the molecule is Cc1cc(NS(=O)(=O)N2CCC(C)CC2)ccc1O. The van der Waals surface area contributed by atoms with Crippen molar-refractivity contribution in [3.8, 4) is 5.75 Å². The molecule has 0 bridgehead atoms. The first-order valence-corrected chi connectivity index (χ1v) is 7.90. The fraction of sp³-hybridized carbons (Fsp3) is 0.538. The average molecular weight is 284 g/mol. The second-order valence-electron chi connectivity index (χ2n) is 5.19. The summed E-state index contributed by atoms with van der Waals surface area (Å²) in [6.07, 6.45) is 1.80. The predicted octanol–water partition coefficient (Wildman–Crippen LogP) is 2.09. The van der Waals surface area contributed by atoms with E-state index >= 15 is 0 Å². The van der Waals surface area contributed by atoms with Gasteiger partial charge in [-0.1, -0.05) is 6.92 Å². The highest BCUT2D eigenvalue weighted by molar-refractivity contribution is 7.90. The van der Waals surface area contributed by atoms with Gasteiger partial charge in [0.25, 0.3) is 0 Å². The van der Waals surface area contributed by atoms with Crippen LogP contribution in [0.1, 0.15) is 25.3 Å². The van der Waals surface area contributed by atoms with Gasteiger partial charge in [-0.25, -0.2) is 0 Å². The van der Waals surface area contributed by atoms with Crippen molar-refractivity contribution in [2.24, 2.45) is 5.92 Å². The molecule has 1 aromatic carbocycles. The topological polar surface area (TPSA) is 69.6 Å². The highest BCUT2D eigenvalue weighted by Crippen LogP contribution is 2.23. The largest absolute Gasteiger partial charge is 0.508 e. The van der Waals surface area contributed by atoms with Gasteiger partial charge in [0.2, 0.25) is 0 Å². The van der Waals surface area contributed by atoms with Crippen LogP contribution in [0, 0.1) is 12.8 Å². The Morgan fingerprint density at radius 2 is 1.95 bits per heavy atom. The molecule has 0 spiro atoms. The van der Waals surface area contributed by atoms with Crippen molar-refractivity contribution >= 4 is 15.9 Å². The zero-order valence-electron chi connectivity index (χ0n) is 11.3. The Morgan fingerprint density at radius 1 is 1.32 bits per heavy atom. The minimum atomic E-state index is -3.49.